The van der Waals surface area contributed by atoms with Gasteiger partial charge >= 0.3 is 0 Å². The molecule has 0 spiro atoms. The Morgan fingerprint density at radius 1 is 1.13 bits per heavy atom. The van der Waals surface area contributed by atoms with E-state index in [1.807, 2.05) is 35.0 Å². The largest absolute Gasteiger partial charge is 0.508 e. The smallest absolute Gasteiger partial charge is 0.115 e. The molecular formula is C12H13NO2. The van der Waals surface area contributed by atoms with Crippen LogP contribution in [0.4, 0.5) is 0 Å². The zero-order valence-corrected chi connectivity index (χ0v) is 8.30. The van der Waals surface area contributed by atoms with Gasteiger partial charge in [-0.3, -0.25) is 0 Å². The van der Waals surface area contributed by atoms with Gasteiger partial charge in [0.1, 0.15) is 5.75 Å². The summed E-state index contributed by atoms with van der Waals surface area (Å²) in [5, 5.41) is 18.4. The van der Waals surface area contributed by atoms with Gasteiger partial charge in [0.2, 0.25) is 0 Å². The second-order valence-electron chi connectivity index (χ2n) is 3.46. The molecule has 2 rings (SSSR count). The van der Waals surface area contributed by atoms with Crippen LogP contribution in [0.5, 0.6) is 5.75 Å². The Balaban J connectivity index is 2.22. The first-order valence-corrected chi connectivity index (χ1v) is 4.82. The van der Waals surface area contributed by atoms with Crippen LogP contribution in [0, 0.1) is 0 Å². The number of phenolic OH excluding ortho intramolecular Hbond substituents is 1. The molecule has 3 heteroatoms. The molecule has 0 saturated carbocycles. The van der Waals surface area contributed by atoms with Gasteiger partial charge in [-0.05, 0) is 29.8 Å². The van der Waals surface area contributed by atoms with Gasteiger partial charge in [-0.1, -0.05) is 12.1 Å². The third-order valence-corrected chi connectivity index (χ3v) is 2.35. The number of phenols is 1. The van der Waals surface area contributed by atoms with E-state index in [4.69, 9.17) is 5.11 Å². The molecule has 0 radical (unpaired) electrons. The van der Waals surface area contributed by atoms with Crippen molar-refractivity contribution in [3.8, 4) is 5.75 Å². The molecule has 3 nitrogen and oxygen atoms in total. The average molecular weight is 203 g/mol. The number of hydrogen-bond acceptors (Lipinski definition) is 2. The normalized spacial score (nSPS) is 10.5. The van der Waals surface area contributed by atoms with E-state index in [2.05, 4.69) is 0 Å². The van der Waals surface area contributed by atoms with Crippen molar-refractivity contribution in [2.75, 3.05) is 0 Å². The van der Waals surface area contributed by atoms with Crippen LogP contribution >= 0.6 is 0 Å². The fourth-order valence-electron chi connectivity index (χ4n) is 1.60. The molecule has 0 unspecified atom stereocenters. The second-order valence-corrected chi connectivity index (χ2v) is 3.46. The van der Waals surface area contributed by atoms with Crippen LogP contribution in [0.25, 0.3) is 0 Å². The molecule has 0 saturated heterocycles. The maximum absolute atomic E-state index is 9.31. The highest BCUT2D eigenvalue weighted by Crippen LogP contribution is 2.13. The molecule has 0 fully saturated rings. The van der Waals surface area contributed by atoms with Crippen LogP contribution in [0.1, 0.15) is 11.3 Å². The van der Waals surface area contributed by atoms with Gasteiger partial charge in [0.05, 0.1) is 6.61 Å². The molecule has 1 heterocycles. The van der Waals surface area contributed by atoms with E-state index in [0.29, 0.717) is 6.54 Å². The third kappa shape index (κ3) is 2.19. The van der Waals surface area contributed by atoms with Gasteiger partial charge in [0.25, 0.3) is 0 Å². The number of rotatable bonds is 3. The van der Waals surface area contributed by atoms with Crippen LogP contribution in [0.2, 0.25) is 0 Å². The number of aromatic nitrogens is 1. The first-order valence-electron chi connectivity index (χ1n) is 4.82. The summed E-state index contributed by atoms with van der Waals surface area (Å²) in [5.41, 5.74) is 1.89. The zero-order chi connectivity index (χ0) is 10.7. The molecule has 0 aliphatic heterocycles. The highest BCUT2D eigenvalue weighted by Gasteiger charge is 2.00. The van der Waals surface area contributed by atoms with Crippen LogP contribution in [-0.2, 0) is 13.2 Å². The van der Waals surface area contributed by atoms with Crippen molar-refractivity contribution in [2.24, 2.45) is 0 Å². The highest BCUT2D eigenvalue weighted by molar-refractivity contribution is 5.27. The summed E-state index contributed by atoms with van der Waals surface area (Å²) in [5.74, 6) is 0.269. The molecule has 2 aromatic rings. The Morgan fingerprint density at radius 2 is 2.00 bits per heavy atom. The standard InChI is InChI=1S/C12H13NO2/c14-9-11-4-2-6-13(11)8-10-3-1-5-12(15)7-10/h1-7,14-15H,8-9H2. The molecule has 1 aromatic heterocycles. The van der Waals surface area contributed by atoms with Crippen molar-refractivity contribution < 1.29 is 10.2 Å². The van der Waals surface area contributed by atoms with Gasteiger partial charge < -0.3 is 14.8 Å². The molecule has 0 aliphatic rings. The topological polar surface area (TPSA) is 45.4 Å². The first kappa shape index (κ1) is 9.80. The Morgan fingerprint density at radius 3 is 2.73 bits per heavy atom. The van der Waals surface area contributed by atoms with E-state index >= 15 is 0 Å². The van der Waals surface area contributed by atoms with Crippen molar-refractivity contribution in [2.45, 2.75) is 13.2 Å². The quantitative estimate of drug-likeness (QED) is 0.798. The van der Waals surface area contributed by atoms with Crippen molar-refractivity contribution in [1.82, 2.24) is 4.57 Å². The number of aliphatic hydroxyl groups excluding tert-OH is 1. The third-order valence-electron chi connectivity index (χ3n) is 2.35. The Hall–Kier alpha value is -1.74. The van der Waals surface area contributed by atoms with E-state index < -0.39 is 0 Å². The molecular weight excluding hydrogens is 190 g/mol. The van der Waals surface area contributed by atoms with E-state index in [1.165, 1.54) is 0 Å². The Bertz CT molecular complexity index is 448. The van der Waals surface area contributed by atoms with E-state index in [0.717, 1.165) is 11.3 Å². The number of aliphatic hydroxyl groups is 1. The highest BCUT2D eigenvalue weighted by atomic mass is 16.3. The molecule has 0 aliphatic carbocycles. The van der Waals surface area contributed by atoms with Gasteiger partial charge in [-0.15, -0.1) is 0 Å². The number of benzene rings is 1. The average Bonchev–Trinajstić information content (AvgIpc) is 2.65. The van der Waals surface area contributed by atoms with E-state index in [9.17, 15) is 5.11 Å². The van der Waals surface area contributed by atoms with Gasteiger partial charge in [0.15, 0.2) is 0 Å². The number of nitrogens with zero attached hydrogens (tertiary/aromatic N) is 1. The summed E-state index contributed by atoms with van der Waals surface area (Å²) in [6.45, 7) is 0.698. The molecule has 1 aromatic carbocycles. The summed E-state index contributed by atoms with van der Waals surface area (Å²) in [6, 6.07) is 10.9. The minimum Gasteiger partial charge on any atom is -0.508 e. The SMILES string of the molecule is OCc1cccn1Cc1cccc(O)c1. The zero-order valence-electron chi connectivity index (χ0n) is 8.30. The molecule has 15 heavy (non-hydrogen) atoms. The Labute approximate surface area is 88.2 Å². The molecule has 0 atom stereocenters. The minimum atomic E-state index is 0.0335. The van der Waals surface area contributed by atoms with Crippen molar-refractivity contribution >= 4 is 0 Å². The van der Waals surface area contributed by atoms with Crippen LogP contribution in [-0.4, -0.2) is 14.8 Å². The summed E-state index contributed by atoms with van der Waals surface area (Å²) in [4.78, 5) is 0. The fourth-order valence-corrected chi connectivity index (χ4v) is 1.60. The molecule has 78 valence electrons. The lowest BCUT2D eigenvalue weighted by molar-refractivity contribution is 0.271. The van der Waals surface area contributed by atoms with Crippen LogP contribution < -0.4 is 0 Å². The first-order chi connectivity index (χ1) is 7.29. The maximum atomic E-state index is 9.31. The van der Waals surface area contributed by atoms with E-state index in [1.54, 1.807) is 12.1 Å². The minimum absolute atomic E-state index is 0.0335. The van der Waals surface area contributed by atoms with Gasteiger partial charge in [-0.25, -0.2) is 0 Å². The van der Waals surface area contributed by atoms with Crippen molar-refractivity contribution in [1.29, 1.82) is 0 Å². The van der Waals surface area contributed by atoms with Gasteiger partial charge in [0, 0.05) is 18.4 Å². The lowest BCUT2D eigenvalue weighted by Gasteiger charge is -2.07. The lowest BCUT2D eigenvalue weighted by atomic mass is 10.2. The number of hydrogen-bond donors (Lipinski definition) is 2. The predicted molar refractivity (Wildman–Crippen MR) is 57.6 cm³/mol. The Kier molecular flexibility index (Phi) is 2.74. The molecule has 2 N–H and O–H groups in total. The summed E-state index contributed by atoms with van der Waals surface area (Å²) < 4.78 is 1.95. The fraction of sp³-hybridized carbons (Fsp3) is 0.167. The maximum Gasteiger partial charge on any atom is 0.115 e. The van der Waals surface area contributed by atoms with Crippen LogP contribution in [0.15, 0.2) is 42.6 Å². The summed E-state index contributed by atoms with van der Waals surface area (Å²) in [7, 11) is 0. The van der Waals surface area contributed by atoms with Crippen molar-refractivity contribution in [3.05, 3.63) is 53.9 Å². The predicted octanol–water partition coefficient (Wildman–Crippen LogP) is 1.73. The summed E-state index contributed by atoms with van der Waals surface area (Å²) >= 11 is 0. The molecule has 0 bridgehead atoms. The van der Waals surface area contributed by atoms with Crippen LogP contribution in [0.3, 0.4) is 0 Å². The summed E-state index contributed by atoms with van der Waals surface area (Å²) in [6.07, 6.45) is 1.91. The van der Waals surface area contributed by atoms with Gasteiger partial charge in [-0.2, -0.15) is 0 Å². The lowest BCUT2D eigenvalue weighted by Crippen LogP contribution is -2.02. The monoisotopic (exact) mass is 203 g/mol. The molecule has 0 amide bonds. The number of aromatic hydroxyl groups is 1. The second kappa shape index (κ2) is 4.19. The van der Waals surface area contributed by atoms with Crippen molar-refractivity contribution in [3.63, 3.8) is 0 Å². The van der Waals surface area contributed by atoms with E-state index in [-0.39, 0.29) is 12.4 Å².